The summed E-state index contributed by atoms with van der Waals surface area (Å²) in [6.07, 6.45) is 1.71. The maximum absolute atomic E-state index is 13.7. The number of aromatic nitrogens is 1. The van der Waals surface area contributed by atoms with Gasteiger partial charge in [-0.1, -0.05) is 0 Å². The molecule has 5 rings (SSSR count). The number of carbonyl (C=O) groups is 1. The van der Waals surface area contributed by atoms with Gasteiger partial charge < -0.3 is 20.3 Å². The molecule has 1 amide bonds. The number of halogens is 3. The minimum absolute atomic E-state index is 0.00779. The lowest BCUT2D eigenvalue weighted by Gasteiger charge is -2.43. The number of alkyl halides is 3. The van der Waals surface area contributed by atoms with Crippen molar-refractivity contribution in [1.82, 2.24) is 9.88 Å². The molecule has 3 fully saturated rings. The van der Waals surface area contributed by atoms with Gasteiger partial charge in [0.1, 0.15) is 11.3 Å². The molecule has 3 aliphatic rings. The Morgan fingerprint density at radius 1 is 1.14 bits per heavy atom. The monoisotopic (exact) mass is 533 g/mol. The number of thiocarbonyl (C=S) groups is 1. The van der Waals surface area contributed by atoms with Crippen LogP contribution in [0.4, 0.5) is 24.5 Å². The van der Waals surface area contributed by atoms with Gasteiger partial charge in [0.2, 0.25) is 0 Å². The van der Waals surface area contributed by atoms with E-state index in [0.717, 1.165) is 50.6 Å². The SMILES string of the molecule is CN1CCCC(Oc2ccc(N3C(=S)N(c4cnc(CN)c(C(F)(F)F)c4)C(=O)C34CCC4)cc2)CC1. The van der Waals surface area contributed by atoms with Gasteiger partial charge in [0.05, 0.1) is 29.2 Å². The Bertz CT molecular complexity index is 1190. The van der Waals surface area contributed by atoms with E-state index in [1.807, 2.05) is 24.3 Å². The number of carbonyl (C=O) groups excluding carboxylic acids is 1. The molecule has 1 aromatic heterocycles. The zero-order valence-corrected chi connectivity index (χ0v) is 21.4. The van der Waals surface area contributed by atoms with Crippen LogP contribution in [-0.2, 0) is 17.5 Å². The molecule has 1 saturated carbocycles. The van der Waals surface area contributed by atoms with E-state index < -0.39 is 17.3 Å². The highest BCUT2D eigenvalue weighted by atomic mass is 32.1. The molecule has 1 aromatic carbocycles. The van der Waals surface area contributed by atoms with E-state index in [1.54, 1.807) is 4.90 Å². The van der Waals surface area contributed by atoms with Gasteiger partial charge in [-0.2, -0.15) is 13.2 Å². The van der Waals surface area contributed by atoms with Crippen LogP contribution in [0.3, 0.4) is 0 Å². The quantitative estimate of drug-likeness (QED) is 0.568. The van der Waals surface area contributed by atoms with Gasteiger partial charge in [-0.25, -0.2) is 0 Å². The van der Waals surface area contributed by atoms with E-state index in [-0.39, 0.29) is 35.0 Å². The van der Waals surface area contributed by atoms with Gasteiger partial charge in [-0.05, 0) is 94.7 Å². The summed E-state index contributed by atoms with van der Waals surface area (Å²) < 4.78 is 47.2. The predicted molar refractivity (Wildman–Crippen MR) is 138 cm³/mol. The molecular weight excluding hydrogens is 503 g/mol. The van der Waals surface area contributed by atoms with Crippen LogP contribution in [0.15, 0.2) is 36.5 Å². The van der Waals surface area contributed by atoms with Crippen molar-refractivity contribution in [2.45, 2.75) is 62.9 Å². The van der Waals surface area contributed by atoms with Gasteiger partial charge in [0.15, 0.2) is 5.11 Å². The topological polar surface area (TPSA) is 74.9 Å². The van der Waals surface area contributed by atoms with E-state index in [1.165, 1.54) is 11.1 Å². The van der Waals surface area contributed by atoms with Crippen molar-refractivity contribution in [2.24, 2.45) is 5.73 Å². The zero-order chi connectivity index (χ0) is 26.4. The van der Waals surface area contributed by atoms with Crippen LogP contribution in [0.2, 0.25) is 0 Å². The van der Waals surface area contributed by atoms with E-state index in [0.29, 0.717) is 18.5 Å². The molecular formula is C26H30F3N5O2S. The normalized spacial score (nSPS) is 22.4. The van der Waals surface area contributed by atoms with Crippen molar-refractivity contribution in [2.75, 3.05) is 29.9 Å². The Morgan fingerprint density at radius 2 is 1.86 bits per heavy atom. The zero-order valence-electron chi connectivity index (χ0n) is 20.6. The summed E-state index contributed by atoms with van der Waals surface area (Å²) in [4.78, 5) is 22.8. The van der Waals surface area contributed by atoms with Crippen molar-refractivity contribution in [1.29, 1.82) is 0 Å². The summed E-state index contributed by atoms with van der Waals surface area (Å²) in [6, 6.07) is 8.36. The van der Waals surface area contributed by atoms with Gasteiger partial charge in [-0.15, -0.1) is 0 Å². The highest BCUT2D eigenvalue weighted by Crippen LogP contribution is 2.48. The average molecular weight is 534 g/mol. The number of rotatable bonds is 5. The van der Waals surface area contributed by atoms with Crippen LogP contribution in [-0.4, -0.2) is 52.7 Å². The summed E-state index contributed by atoms with van der Waals surface area (Å²) in [5.41, 5.74) is 4.02. The number of anilines is 2. The number of hydrogen-bond donors (Lipinski definition) is 1. The van der Waals surface area contributed by atoms with Crippen molar-refractivity contribution in [3.05, 3.63) is 47.8 Å². The molecule has 1 atom stereocenters. The average Bonchev–Trinajstić information content (AvgIpc) is 2.93. The van der Waals surface area contributed by atoms with Crippen LogP contribution in [0.5, 0.6) is 5.75 Å². The molecule has 11 heteroatoms. The molecule has 2 aromatic rings. The first-order chi connectivity index (χ1) is 17.6. The number of nitrogens with zero attached hydrogens (tertiary/aromatic N) is 4. The fraction of sp³-hybridized carbons (Fsp3) is 0.500. The predicted octanol–water partition coefficient (Wildman–Crippen LogP) is 4.48. The summed E-state index contributed by atoms with van der Waals surface area (Å²) in [5, 5.41) is 0.139. The van der Waals surface area contributed by atoms with Crippen molar-refractivity contribution in [3.63, 3.8) is 0 Å². The lowest BCUT2D eigenvalue weighted by Crippen LogP contribution is -2.55. The van der Waals surface area contributed by atoms with E-state index >= 15 is 0 Å². The molecule has 37 heavy (non-hydrogen) atoms. The first kappa shape index (κ1) is 25.9. The Labute approximate surface area is 219 Å². The molecule has 7 nitrogen and oxygen atoms in total. The number of benzene rings is 1. The lowest BCUT2D eigenvalue weighted by molar-refractivity contribution is -0.138. The maximum Gasteiger partial charge on any atom is 0.418 e. The number of pyridine rings is 1. The van der Waals surface area contributed by atoms with Gasteiger partial charge in [0, 0.05) is 18.8 Å². The van der Waals surface area contributed by atoms with Crippen LogP contribution in [0.1, 0.15) is 49.8 Å². The van der Waals surface area contributed by atoms with E-state index in [2.05, 4.69) is 16.9 Å². The second-order valence-corrected chi connectivity index (χ2v) is 10.4. The van der Waals surface area contributed by atoms with Crippen molar-refractivity contribution in [3.8, 4) is 5.75 Å². The molecule has 1 spiro atoms. The second-order valence-electron chi connectivity index (χ2n) is 10.0. The van der Waals surface area contributed by atoms with Crippen LogP contribution < -0.4 is 20.3 Å². The van der Waals surface area contributed by atoms with E-state index in [9.17, 15) is 18.0 Å². The van der Waals surface area contributed by atoms with Crippen LogP contribution >= 0.6 is 12.2 Å². The largest absolute Gasteiger partial charge is 0.490 e. The Kier molecular flexibility index (Phi) is 6.88. The van der Waals surface area contributed by atoms with Gasteiger partial charge in [0.25, 0.3) is 5.91 Å². The highest BCUT2D eigenvalue weighted by Gasteiger charge is 2.59. The molecule has 0 radical (unpaired) electrons. The molecule has 2 aliphatic heterocycles. The summed E-state index contributed by atoms with van der Waals surface area (Å²) >= 11 is 5.70. The van der Waals surface area contributed by atoms with Crippen LogP contribution in [0.25, 0.3) is 0 Å². The first-order valence-electron chi connectivity index (χ1n) is 12.5. The lowest BCUT2D eigenvalue weighted by atomic mass is 9.75. The number of ether oxygens (including phenoxy) is 1. The summed E-state index contributed by atoms with van der Waals surface area (Å²) in [7, 11) is 2.11. The minimum Gasteiger partial charge on any atom is -0.490 e. The summed E-state index contributed by atoms with van der Waals surface area (Å²) in [6.45, 7) is 1.69. The molecule has 1 aliphatic carbocycles. The fourth-order valence-corrected chi connectivity index (χ4v) is 5.88. The number of hydrogen-bond acceptors (Lipinski definition) is 6. The van der Waals surface area contributed by atoms with Crippen LogP contribution in [0, 0.1) is 0 Å². The number of likely N-dealkylation sites (tertiary alicyclic amines) is 1. The van der Waals surface area contributed by atoms with Crippen molar-refractivity contribution < 1.29 is 22.7 Å². The molecule has 198 valence electrons. The molecule has 0 bridgehead atoms. The standard InChI is InChI=1S/C26H30F3N5O2S/c1-32-12-2-4-19(9-13-32)36-20-7-5-17(6-8-20)34-24(37)33(23(35)25(34)10-3-11-25)18-14-21(26(27,28)29)22(15-30)31-16-18/h5-8,14,16,19H,2-4,9-13,15,30H2,1H3. The third kappa shape index (κ3) is 4.68. The third-order valence-electron chi connectivity index (χ3n) is 7.60. The highest BCUT2D eigenvalue weighted by molar-refractivity contribution is 7.81. The molecule has 2 N–H and O–H groups in total. The van der Waals surface area contributed by atoms with Gasteiger partial charge in [-0.3, -0.25) is 14.7 Å². The Hall–Kier alpha value is -2.76. The minimum atomic E-state index is -4.65. The smallest absolute Gasteiger partial charge is 0.418 e. The van der Waals surface area contributed by atoms with E-state index in [4.69, 9.17) is 22.7 Å². The Balaban J connectivity index is 1.42. The second kappa shape index (κ2) is 9.85. The molecule has 3 heterocycles. The summed E-state index contributed by atoms with van der Waals surface area (Å²) in [5.74, 6) is 0.410. The maximum atomic E-state index is 13.7. The number of amides is 1. The number of nitrogens with two attached hydrogens (primary N) is 1. The first-order valence-corrected chi connectivity index (χ1v) is 12.9. The van der Waals surface area contributed by atoms with Gasteiger partial charge >= 0.3 is 6.18 Å². The Morgan fingerprint density at radius 3 is 2.49 bits per heavy atom. The van der Waals surface area contributed by atoms with Crippen molar-refractivity contribution >= 4 is 34.6 Å². The molecule has 1 unspecified atom stereocenters. The fourth-order valence-electron chi connectivity index (χ4n) is 5.41. The molecule has 2 saturated heterocycles. The third-order valence-corrected chi connectivity index (χ3v) is 7.97.